The number of carbonyl (C=O) groups is 1. The average molecular weight is 450 g/mol. The normalized spacial score (nSPS) is 14.1. The third-order valence-electron chi connectivity index (χ3n) is 6.29. The summed E-state index contributed by atoms with van der Waals surface area (Å²) in [5.41, 5.74) is 6.17. The number of nitrogens with zero attached hydrogens (tertiary/aromatic N) is 5. The highest BCUT2D eigenvalue weighted by atomic mass is 32.2. The van der Waals surface area contributed by atoms with E-state index in [2.05, 4.69) is 77.7 Å². The number of hydrogen-bond donors (Lipinski definition) is 0. The molecule has 1 aromatic heterocycles. The largest absolute Gasteiger partial charge is 0.368 e. The molecule has 1 amide bonds. The van der Waals surface area contributed by atoms with Gasteiger partial charge in [0.05, 0.1) is 5.75 Å². The third kappa shape index (κ3) is 4.53. The van der Waals surface area contributed by atoms with Crippen LogP contribution in [0, 0.1) is 20.8 Å². The van der Waals surface area contributed by atoms with Crippen molar-refractivity contribution in [3.05, 3.63) is 59.2 Å². The second kappa shape index (κ2) is 9.77. The Bertz CT molecular complexity index is 1100. The Labute approximate surface area is 194 Å². The number of carbonyl (C=O) groups excluding carboxylic acids is 1. The zero-order chi connectivity index (χ0) is 22.7. The Hall–Kier alpha value is -2.80. The van der Waals surface area contributed by atoms with Crippen LogP contribution in [-0.2, 0) is 11.3 Å². The predicted octanol–water partition coefficient (Wildman–Crippen LogP) is 4.33. The monoisotopic (exact) mass is 449 g/mol. The van der Waals surface area contributed by atoms with Gasteiger partial charge >= 0.3 is 0 Å². The molecule has 6 nitrogen and oxygen atoms in total. The molecule has 7 heteroatoms. The van der Waals surface area contributed by atoms with Crippen molar-refractivity contribution in [2.45, 2.75) is 39.4 Å². The minimum absolute atomic E-state index is 0.165. The van der Waals surface area contributed by atoms with E-state index >= 15 is 0 Å². The van der Waals surface area contributed by atoms with Crippen molar-refractivity contribution in [3.8, 4) is 11.4 Å². The van der Waals surface area contributed by atoms with E-state index in [0.29, 0.717) is 5.75 Å². The molecule has 0 saturated carbocycles. The van der Waals surface area contributed by atoms with E-state index in [0.717, 1.165) is 49.3 Å². The highest BCUT2D eigenvalue weighted by Crippen LogP contribution is 2.27. The standard InChI is InChI=1S/C25H31N5OS/c1-5-30-24(21-11-7-6-9-19(21)3)26-27-25(30)32-17-23(31)29-15-13-28(14-16-29)22-12-8-10-18(2)20(22)4/h6-12H,5,13-17H2,1-4H3. The number of thioether (sulfide) groups is 1. The number of anilines is 1. The first kappa shape index (κ1) is 22.4. The van der Waals surface area contributed by atoms with Crippen LogP contribution in [0.5, 0.6) is 0 Å². The van der Waals surface area contributed by atoms with Gasteiger partial charge in [0.2, 0.25) is 5.91 Å². The zero-order valence-corrected chi connectivity index (χ0v) is 20.2. The van der Waals surface area contributed by atoms with Crippen LogP contribution in [0.4, 0.5) is 5.69 Å². The Morgan fingerprint density at radius 3 is 2.38 bits per heavy atom. The molecule has 1 aliphatic rings. The molecule has 1 aliphatic heterocycles. The fourth-order valence-electron chi connectivity index (χ4n) is 4.20. The number of piperazine rings is 1. The molecule has 0 spiro atoms. The average Bonchev–Trinajstić information content (AvgIpc) is 3.22. The maximum absolute atomic E-state index is 12.9. The quantitative estimate of drug-likeness (QED) is 0.524. The van der Waals surface area contributed by atoms with Gasteiger partial charge < -0.3 is 14.4 Å². The number of amides is 1. The first-order valence-corrected chi connectivity index (χ1v) is 12.2. The van der Waals surface area contributed by atoms with E-state index in [4.69, 9.17) is 0 Å². The van der Waals surface area contributed by atoms with Crippen molar-refractivity contribution in [3.63, 3.8) is 0 Å². The molecule has 2 aromatic carbocycles. The SMILES string of the molecule is CCn1c(SCC(=O)N2CCN(c3cccc(C)c3C)CC2)nnc1-c1ccccc1C. The Kier molecular flexibility index (Phi) is 6.84. The van der Waals surface area contributed by atoms with Crippen LogP contribution in [-0.4, -0.2) is 57.5 Å². The lowest BCUT2D eigenvalue weighted by Gasteiger charge is -2.37. The Morgan fingerprint density at radius 2 is 1.66 bits per heavy atom. The lowest BCUT2D eigenvalue weighted by atomic mass is 10.1. The summed E-state index contributed by atoms with van der Waals surface area (Å²) in [7, 11) is 0. The highest BCUT2D eigenvalue weighted by Gasteiger charge is 2.23. The summed E-state index contributed by atoms with van der Waals surface area (Å²) in [5.74, 6) is 1.41. The number of benzene rings is 2. The van der Waals surface area contributed by atoms with Gasteiger partial charge in [-0.1, -0.05) is 48.2 Å². The second-order valence-corrected chi connectivity index (χ2v) is 9.18. The lowest BCUT2D eigenvalue weighted by molar-refractivity contribution is -0.128. The second-order valence-electron chi connectivity index (χ2n) is 8.24. The Balaban J connectivity index is 1.37. The molecule has 168 valence electrons. The van der Waals surface area contributed by atoms with Crippen molar-refractivity contribution < 1.29 is 4.79 Å². The minimum Gasteiger partial charge on any atom is -0.368 e. The molecule has 0 N–H and O–H groups in total. The Morgan fingerprint density at radius 1 is 0.938 bits per heavy atom. The van der Waals surface area contributed by atoms with Gasteiger partial charge in [-0.15, -0.1) is 10.2 Å². The molecule has 0 atom stereocenters. The van der Waals surface area contributed by atoms with Crippen LogP contribution in [0.3, 0.4) is 0 Å². The van der Waals surface area contributed by atoms with E-state index in [1.807, 2.05) is 17.0 Å². The molecular weight excluding hydrogens is 418 g/mol. The fourth-order valence-corrected chi connectivity index (χ4v) is 5.10. The van der Waals surface area contributed by atoms with Gasteiger partial charge in [-0.25, -0.2) is 0 Å². The van der Waals surface area contributed by atoms with E-state index in [1.165, 1.54) is 34.1 Å². The van der Waals surface area contributed by atoms with E-state index < -0.39 is 0 Å². The van der Waals surface area contributed by atoms with Crippen LogP contribution in [0.25, 0.3) is 11.4 Å². The van der Waals surface area contributed by atoms with Gasteiger partial charge in [-0.2, -0.15) is 0 Å². The smallest absolute Gasteiger partial charge is 0.233 e. The molecule has 32 heavy (non-hydrogen) atoms. The topological polar surface area (TPSA) is 54.3 Å². The predicted molar refractivity (Wildman–Crippen MR) is 131 cm³/mol. The van der Waals surface area contributed by atoms with E-state index in [-0.39, 0.29) is 5.91 Å². The van der Waals surface area contributed by atoms with Gasteiger partial charge in [0.25, 0.3) is 0 Å². The summed E-state index contributed by atoms with van der Waals surface area (Å²) in [6, 6.07) is 14.6. The molecule has 0 aliphatic carbocycles. The molecule has 4 rings (SSSR count). The molecule has 1 fully saturated rings. The fraction of sp³-hybridized carbons (Fsp3) is 0.400. The molecule has 0 radical (unpaired) electrons. The maximum Gasteiger partial charge on any atom is 0.233 e. The van der Waals surface area contributed by atoms with Crippen molar-refractivity contribution >= 4 is 23.4 Å². The van der Waals surface area contributed by atoms with Crippen molar-refractivity contribution in [2.75, 3.05) is 36.8 Å². The molecule has 0 unspecified atom stereocenters. The summed E-state index contributed by atoms with van der Waals surface area (Å²) in [5, 5.41) is 9.62. The minimum atomic E-state index is 0.165. The number of hydrogen-bond acceptors (Lipinski definition) is 5. The van der Waals surface area contributed by atoms with Crippen molar-refractivity contribution in [1.29, 1.82) is 0 Å². The summed E-state index contributed by atoms with van der Waals surface area (Å²) < 4.78 is 2.10. The van der Waals surface area contributed by atoms with Crippen LogP contribution < -0.4 is 4.90 Å². The molecule has 1 saturated heterocycles. The summed E-state index contributed by atoms with van der Waals surface area (Å²) in [6.07, 6.45) is 0. The van der Waals surface area contributed by atoms with Crippen LogP contribution in [0.1, 0.15) is 23.6 Å². The first-order chi connectivity index (χ1) is 15.5. The third-order valence-corrected chi connectivity index (χ3v) is 7.24. The zero-order valence-electron chi connectivity index (χ0n) is 19.3. The van der Waals surface area contributed by atoms with Gasteiger partial charge in [0.1, 0.15) is 0 Å². The van der Waals surface area contributed by atoms with E-state index in [9.17, 15) is 4.79 Å². The highest BCUT2D eigenvalue weighted by molar-refractivity contribution is 7.99. The maximum atomic E-state index is 12.9. The molecular formula is C25H31N5OS. The van der Waals surface area contributed by atoms with Crippen LogP contribution in [0.15, 0.2) is 47.6 Å². The number of aromatic nitrogens is 3. The van der Waals surface area contributed by atoms with Gasteiger partial charge in [-0.3, -0.25) is 4.79 Å². The summed E-state index contributed by atoms with van der Waals surface area (Å²) >= 11 is 1.48. The van der Waals surface area contributed by atoms with Crippen molar-refractivity contribution in [1.82, 2.24) is 19.7 Å². The number of rotatable bonds is 6. The van der Waals surface area contributed by atoms with Gasteiger partial charge in [0.15, 0.2) is 11.0 Å². The number of aryl methyl sites for hydroxylation is 2. The lowest BCUT2D eigenvalue weighted by Crippen LogP contribution is -2.49. The van der Waals surface area contributed by atoms with Gasteiger partial charge in [-0.05, 0) is 50.5 Å². The molecule has 0 bridgehead atoms. The summed E-state index contributed by atoms with van der Waals surface area (Å²) in [6.45, 7) is 12.5. The van der Waals surface area contributed by atoms with Crippen LogP contribution >= 0.6 is 11.8 Å². The van der Waals surface area contributed by atoms with Crippen LogP contribution in [0.2, 0.25) is 0 Å². The van der Waals surface area contributed by atoms with Crippen molar-refractivity contribution in [2.24, 2.45) is 0 Å². The van der Waals surface area contributed by atoms with E-state index in [1.54, 1.807) is 0 Å². The summed E-state index contributed by atoms with van der Waals surface area (Å²) in [4.78, 5) is 17.3. The molecule has 2 heterocycles. The molecule has 3 aromatic rings. The van der Waals surface area contributed by atoms with Gasteiger partial charge in [0, 0.05) is 44.0 Å². The first-order valence-electron chi connectivity index (χ1n) is 11.2.